The monoisotopic (exact) mass is 257 g/mol. The molecule has 0 N–H and O–H groups in total. The summed E-state index contributed by atoms with van der Waals surface area (Å²) in [4.78, 5) is 1.89. The zero-order chi connectivity index (χ0) is 11.5. The molecule has 2 aromatic rings. The first-order valence-electron chi connectivity index (χ1n) is 4.60. The highest BCUT2D eigenvalue weighted by Crippen LogP contribution is 2.20. The summed E-state index contributed by atoms with van der Waals surface area (Å²) in [5, 5.41) is 8.42. The molecular weight excluding hydrogens is 249 g/mol. The summed E-state index contributed by atoms with van der Waals surface area (Å²) < 4.78 is 13.4. The minimum Gasteiger partial charge on any atom is -0.368 e. The van der Waals surface area contributed by atoms with Crippen LogP contribution in [0.1, 0.15) is 5.01 Å². The largest absolute Gasteiger partial charge is 0.368 e. The van der Waals surface area contributed by atoms with Crippen LogP contribution < -0.4 is 4.90 Å². The van der Waals surface area contributed by atoms with E-state index in [1.54, 1.807) is 6.07 Å². The number of nitrogens with zero attached hydrogens (tertiary/aromatic N) is 3. The van der Waals surface area contributed by atoms with Gasteiger partial charge in [0.15, 0.2) is 0 Å². The van der Waals surface area contributed by atoms with Crippen LogP contribution in [0.25, 0.3) is 0 Å². The molecular formula is C10H9ClFN3S. The van der Waals surface area contributed by atoms with E-state index in [2.05, 4.69) is 10.2 Å². The van der Waals surface area contributed by atoms with Crippen LogP contribution in [-0.2, 0) is 6.54 Å². The summed E-state index contributed by atoms with van der Waals surface area (Å²) in [6.45, 7) is 0.563. The standard InChI is InChI=1S/C10H9ClFN3S/c1-15(6-9-13-14-10(11)16-9)8-4-2-3-7(12)5-8/h2-5H,6H2,1H3. The second-order valence-electron chi connectivity index (χ2n) is 3.28. The van der Waals surface area contributed by atoms with Gasteiger partial charge in [-0.15, -0.1) is 10.2 Å². The quantitative estimate of drug-likeness (QED) is 0.847. The van der Waals surface area contributed by atoms with E-state index < -0.39 is 0 Å². The lowest BCUT2D eigenvalue weighted by Gasteiger charge is -2.17. The van der Waals surface area contributed by atoms with Gasteiger partial charge in [-0.05, 0) is 29.8 Å². The number of hydrogen-bond acceptors (Lipinski definition) is 4. The topological polar surface area (TPSA) is 29.0 Å². The van der Waals surface area contributed by atoms with Crippen molar-refractivity contribution in [2.45, 2.75) is 6.54 Å². The average molecular weight is 258 g/mol. The van der Waals surface area contributed by atoms with Crippen molar-refractivity contribution in [2.75, 3.05) is 11.9 Å². The molecule has 0 radical (unpaired) electrons. The highest BCUT2D eigenvalue weighted by molar-refractivity contribution is 7.15. The van der Waals surface area contributed by atoms with Crippen LogP contribution in [0.5, 0.6) is 0 Å². The molecule has 0 unspecified atom stereocenters. The van der Waals surface area contributed by atoms with E-state index in [4.69, 9.17) is 11.6 Å². The van der Waals surface area contributed by atoms with Crippen molar-refractivity contribution in [1.29, 1.82) is 0 Å². The average Bonchev–Trinajstić information content (AvgIpc) is 2.64. The molecule has 0 aliphatic heterocycles. The van der Waals surface area contributed by atoms with E-state index in [1.165, 1.54) is 23.5 Å². The van der Waals surface area contributed by atoms with Crippen molar-refractivity contribution in [3.8, 4) is 0 Å². The van der Waals surface area contributed by atoms with Gasteiger partial charge in [-0.3, -0.25) is 0 Å². The molecule has 0 fully saturated rings. The molecule has 0 aliphatic carbocycles. The molecule has 2 rings (SSSR count). The van der Waals surface area contributed by atoms with Gasteiger partial charge in [-0.2, -0.15) is 0 Å². The van der Waals surface area contributed by atoms with Crippen molar-refractivity contribution in [3.63, 3.8) is 0 Å². The Bertz CT molecular complexity index is 488. The van der Waals surface area contributed by atoms with Crippen molar-refractivity contribution < 1.29 is 4.39 Å². The Kier molecular flexibility index (Phi) is 3.36. The summed E-state index contributed by atoms with van der Waals surface area (Å²) in [7, 11) is 1.87. The first kappa shape index (κ1) is 11.3. The summed E-state index contributed by atoms with van der Waals surface area (Å²) in [6.07, 6.45) is 0. The molecule has 1 aromatic carbocycles. The smallest absolute Gasteiger partial charge is 0.207 e. The first-order chi connectivity index (χ1) is 7.65. The van der Waals surface area contributed by atoms with Gasteiger partial charge in [-0.25, -0.2) is 4.39 Å². The van der Waals surface area contributed by atoms with Gasteiger partial charge in [0, 0.05) is 12.7 Å². The molecule has 6 heteroatoms. The molecule has 16 heavy (non-hydrogen) atoms. The molecule has 0 bridgehead atoms. The van der Waals surface area contributed by atoms with Crippen molar-refractivity contribution >= 4 is 28.6 Å². The molecule has 0 aliphatic rings. The van der Waals surface area contributed by atoms with Crippen LogP contribution in [0.4, 0.5) is 10.1 Å². The fraction of sp³-hybridized carbons (Fsp3) is 0.200. The molecule has 3 nitrogen and oxygen atoms in total. The number of hydrogen-bond donors (Lipinski definition) is 0. The van der Waals surface area contributed by atoms with Gasteiger partial charge in [0.25, 0.3) is 0 Å². The maximum Gasteiger partial charge on any atom is 0.207 e. The predicted octanol–water partition coefficient (Wildman–Crippen LogP) is 2.97. The lowest BCUT2D eigenvalue weighted by atomic mass is 10.3. The van der Waals surface area contributed by atoms with E-state index in [0.29, 0.717) is 11.0 Å². The lowest BCUT2D eigenvalue weighted by molar-refractivity contribution is 0.627. The number of aromatic nitrogens is 2. The Morgan fingerprint density at radius 1 is 1.44 bits per heavy atom. The Balaban J connectivity index is 2.11. The molecule has 84 valence electrons. The first-order valence-corrected chi connectivity index (χ1v) is 5.79. The number of halogens is 2. The van der Waals surface area contributed by atoms with Crippen LogP contribution in [-0.4, -0.2) is 17.2 Å². The normalized spacial score (nSPS) is 10.4. The molecule has 0 spiro atoms. The Labute approximate surface area is 101 Å². The van der Waals surface area contributed by atoms with Crippen molar-refractivity contribution in [3.05, 3.63) is 39.6 Å². The van der Waals surface area contributed by atoms with Gasteiger partial charge in [-0.1, -0.05) is 17.4 Å². The Morgan fingerprint density at radius 2 is 2.25 bits per heavy atom. The van der Waals surface area contributed by atoms with Gasteiger partial charge in [0.05, 0.1) is 6.54 Å². The fourth-order valence-corrected chi connectivity index (χ4v) is 2.23. The maximum absolute atomic E-state index is 13.0. The van der Waals surface area contributed by atoms with Gasteiger partial charge >= 0.3 is 0 Å². The van der Waals surface area contributed by atoms with E-state index in [0.717, 1.165) is 10.7 Å². The van der Waals surface area contributed by atoms with Crippen LogP contribution in [0.15, 0.2) is 24.3 Å². The van der Waals surface area contributed by atoms with Gasteiger partial charge < -0.3 is 4.90 Å². The highest BCUT2D eigenvalue weighted by atomic mass is 35.5. The van der Waals surface area contributed by atoms with E-state index in [9.17, 15) is 4.39 Å². The van der Waals surface area contributed by atoms with E-state index in [1.807, 2.05) is 18.0 Å². The third-order valence-electron chi connectivity index (χ3n) is 2.06. The minimum absolute atomic E-state index is 0.250. The number of benzene rings is 1. The number of anilines is 1. The maximum atomic E-state index is 13.0. The molecule has 0 saturated heterocycles. The molecule has 0 saturated carbocycles. The Morgan fingerprint density at radius 3 is 2.88 bits per heavy atom. The zero-order valence-electron chi connectivity index (χ0n) is 8.52. The van der Waals surface area contributed by atoms with Crippen LogP contribution in [0.3, 0.4) is 0 Å². The third-order valence-corrected chi connectivity index (χ3v) is 3.07. The lowest BCUT2D eigenvalue weighted by Crippen LogP contribution is -2.16. The molecule has 1 heterocycles. The van der Waals surface area contributed by atoms with Crippen molar-refractivity contribution in [2.24, 2.45) is 0 Å². The second kappa shape index (κ2) is 4.76. The second-order valence-corrected chi connectivity index (χ2v) is 4.93. The van der Waals surface area contributed by atoms with E-state index in [-0.39, 0.29) is 5.82 Å². The Hall–Kier alpha value is -1.20. The van der Waals surface area contributed by atoms with E-state index >= 15 is 0 Å². The van der Waals surface area contributed by atoms with Crippen molar-refractivity contribution in [1.82, 2.24) is 10.2 Å². The fourth-order valence-electron chi connectivity index (χ4n) is 1.30. The van der Waals surface area contributed by atoms with Crippen LogP contribution >= 0.6 is 22.9 Å². The molecule has 1 aromatic heterocycles. The third kappa shape index (κ3) is 2.68. The molecule has 0 atom stereocenters. The SMILES string of the molecule is CN(Cc1nnc(Cl)s1)c1cccc(F)c1. The summed E-state index contributed by atoms with van der Waals surface area (Å²) in [6, 6.07) is 6.40. The summed E-state index contributed by atoms with van der Waals surface area (Å²) in [5.41, 5.74) is 0.798. The highest BCUT2D eigenvalue weighted by Gasteiger charge is 2.07. The van der Waals surface area contributed by atoms with Gasteiger partial charge in [0.1, 0.15) is 10.8 Å². The molecule has 0 amide bonds. The summed E-state index contributed by atoms with van der Waals surface area (Å²) in [5.74, 6) is -0.250. The zero-order valence-corrected chi connectivity index (χ0v) is 10.1. The predicted molar refractivity (Wildman–Crippen MR) is 63.4 cm³/mol. The van der Waals surface area contributed by atoms with Gasteiger partial charge in [0.2, 0.25) is 4.47 Å². The minimum atomic E-state index is -0.250. The van der Waals surface area contributed by atoms with Crippen LogP contribution in [0.2, 0.25) is 4.47 Å². The number of rotatable bonds is 3. The summed E-state index contributed by atoms with van der Waals surface area (Å²) >= 11 is 7.00. The van der Waals surface area contributed by atoms with Crippen LogP contribution in [0, 0.1) is 5.82 Å².